The first-order chi connectivity index (χ1) is 20.0. The minimum absolute atomic E-state index is 0.304. The number of thiazole rings is 1. The van der Waals surface area contributed by atoms with Crippen molar-refractivity contribution in [3.05, 3.63) is 104 Å². The van der Waals surface area contributed by atoms with E-state index in [1.54, 1.807) is 36.4 Å². The second kappa shape index (κ2) is 10.7. The van der Waals surface area contributed by atoms with Gasteiger partial charge in [0, 0.05) is 33.9 Å². The van der Waals surface area contributed by atoms with E-state index < -0.39 is 57.1 Å². The van der Waals surface area contributed by atoms with Crippen molar-refractivity contribution in [1.82, 2.24) is 9.55 Å². The lowest BCUT2D eigenvalue weighted by molar-refractivity contribution is -0.137. The quantitative estimate of drug-likeness (QED) is 0.296. The van der Waals surface area contributed by atoms with Crippen molar-refractivity contribution in [2.45, 2.75) is 28.9 Å². The number of alkyl halides is 3. The Morgan fingerprint density at radius 3 is 2.43 bits per heavy atom. The van der Waals surface area contributed by atoms with Crippen LogP contribution >= 0.6 is 34.7 Å². The van der Waals surface area contributed by atoms with Crippen molar-refractivity contribution in [3.63, 3.8) is 0 Å². The molecule has 0 spiro atoms. The molecule has 2 aromatic heterocycles. The lowest BCUT2D eigenvalue weighted by Crippen LogP contribution is -2.33. The van der Waals surface area contributed by atoms with Gasteiger partial charge in [0.2, 0.25) is 17.7 Å². The summed E-state index contributed by atoms with van der Waals surface area (Å²) < 4.78 is 42.9. The number of aromatic nitrogens is 2. The predicted molar refractivity (Wildman–Crippen MR) is 152 cm³/mol. The molecule has 0 radical (unpaired) electrons. The zero-order valence-electron chi connectivity index (χ0n) is 21.2. The Morgan fingerprint density at radius 1 is 1.00 bits per heavy atom. The summed E-state index contributed by atoms with van der Waals surface area (Å²) in [7, 11) is 0. The highest BCUT2D eigenvalue weighted by Crippen LogP contribution is 2.54. The van der Waals surface area contributed by atoms with Crippen LogP contribution < -0.4 is 15.1 Å². The van der Waals surface area contributed by atoms with E-state index in [2.05, 4.69) is 10.3 Å². The topological polar surface area (TPSA) is 101 Å². The first kappa shape index (κ1) is 28.2. The van der Waals surface area contributed by atoms with Crippen LogP contribution in [0.4, 0.5) is 24.5 Å². The molecule has 4 heterocycles. The SMILES string of the molecule is O=C(Cn1c2c(sc1=O)[C@@H](c1cccnc1)[C@@H]1C(=O)N(c3ccccc3C(F)(F)F)C(=O)[C@@H]1S2)Nc1ccc(Cl)cc1. The number of nitrogens with zero attached hydrogens (tertiary/aromatic N) is 3. The molecule has 6 rings (SSSR count). The molecule has 8 nitrogen and oxygen atoms in total. The number of amides is 3. The molecule has 0 aliphatic carbocycles. The Kier molecular flexibility index (Phi) is 7.19. The van der Waals surface area contributed by atoms with E-state index in [1.165, 1.54) is 29.1 Å². The number of hydrogen-bond donors (Lipinski definition) is 1. The number of imide groups is 1. The summed E-state index contributed by atoms with van der Waals surface area (Å²) in [4.78, 5) is 58.4. The Balaban J connectivity index is 1.41. The minimum Gasteiger partial charge on any atom is -0.325 e. The normalized spacial score (nSPS) is 19.9. The van der Waals surface area contributed by atoms with Crippen LogP contribution in [0.2, 0.25) is 5.02 Å². The molecule has 0 unspecified atom stereocenters. The van der Waals surface area contributed by atoms with Crippen LogP contribution in [0.15, 0.2) is 82.9 Å². The summed E-state index contributed by atoms with van der Waals surface area (Å²) in [5.41, 5.74) is -0.694. The van der Waals surface area contributed by atoms with E-state index >= 15 is 0 Å². The van der Waals surface area contributed by atoms with Crippen LogP contribution in [0, 0.1) is 5.92 Å². The van der Waals surface area contributed by atoms with Gasteiger partial charge in [0.15, 0.2) is 0 Å². The first-order valence-corrected chi connectivity index (χ1v) is 14.5. The van der Waals surface area contributed by atoms with Gasteiger partial charge in [-0.3, -0.25) is 28.7 Å². The Hall–Kier alpha value is -3.94. The lowest BCUT2D eigenvalue weighted by Gasteiger charge is -2.30. The average molecular weight is 631 g/mol. The smallest absolute Gasteiger partial charge is 0.325 e. The molecule has 2 aliphatic rings. The van der Waals surface area contributed by atoms with Crippen LogP contribution in [-0.4, -0.2) is 32.5 Å². The fourth-order valence-corrected chi connectivity index (χ4v) is 8.10. The number of para-hydroxylation sites is 1. The van der Waals surface area contributed by atoms with Crippen LogP contribution in [0.1, 0.15) is 21.9 Å². The third-order valence-corrected chi connectivity index (χ3v) is 9.83. The van der Waals surface area contributed by atoms with Gasteiger partial charge < -0.3 is 5.32 Å². The molecule has 3 atom stereocenters. The Morgan fingerprint density at radius 2 is 1.74 bits per heavy atom. The summed E-state index contributed by atoms with van der Waals surface area (Å²) in [6, 6.07) is 14.1. The Labute approximate surface area is 249 Å². The van der Waals surface area contributed by atoms with Gasteiger partial charge in [0.05, 0.1) is 22.2 Å². The molecule has 214 valence electrons. The third kappa shape index (κ3) is 4.91. The fourth-order valence-electron chi connectivity index (χ4n) is 5.20. The molecule has 3 amide bonds. The van der Waals surface area contributed by atoms with Gasteiger partial charge in [-0.1, -0.05) is 52.9 Å². The number of carbonyl (C=O) groups is 3. The van der Waals surface area contributed by atoms with Gasteiger partial charge in [0.1, 0.15) is 11.8 Å². The number of benzene rings is 2. The van der Waals surface area contributed by atoms with Crippen molar-refractivity contribution in [1.29, 1.82) is 0 Å². The fraction of sp³-hybridized carbons (Fsp3) is 0.179. The summed E-state index contributed by atoms with van der Waals surface area (Å²) in [6.45, 7) is -0.389. The van der Waals surface area contributed by atoms with E-state index in [-0.39, 0.29) is 6.54 Å². The molecule has 2 aromatic carbocycles. The molecule has 14 heteroatoms. The molecule has 2 aliphatic heterocycles. The van der Waals surface area contributed by atoms with Gasteiger partial charge in [-0.2, -0.15) is 13.2 Å². The average Bonchev–Trinajstić information content (AvgIpc) is 3.40. The maximum Gasteiger partial charge on any atom is 0.418 e. The number of rotatable bonds is 5. The molecular formula is C28H18ClF3N4O4S2. The standard InChI is InChI=1S/C28H18ClF3N4O4S2/c29-15-7-9-16(10-8-15)34-19(37)13-35-26-23(42-27(35)40)20(14-4-3-11-33-12-14)21-22(41-26)25(39)36(24(21)38)18-6-2-1-5-17(18)28(30,31)32/h1-12,20-22H,13H2,(H,34,37)/t20-,21-,22+/m0/s1. The number of fused-ring (bicyclic) bond motifs is 2. The van der Waals surface area contributed by atoms with Gasteiger partial charge >= 0.3 is 11.0 Å². The number of hydrogen-bond acceptors (Lipinski definition) is 7. The summed E-state index contributed by atoms with van der Waals surface area (Å²) in [6.07, 6.45) is -1.80. The molecule has 1 fully saturated rings. The molecule has 42 heavy (non-hydrogen) atoms. The van der Waals surface area contributed by atoms with Crippen molar-refractivity contribution in [2.75, 3.05) is 10.2 Å². The highest BCUT2D eigenvalue weighted by molar-refractivity contribution is 8.00. The maximum absolute atomic E-state index is 13.9. The monoisotopic (exact) mass is 630 g/mol. The van der Waals surface area contributed by atoms with E-state index in [1.807, 2.05) is 0 Å². The minimum atomic E-state index is -4.81. The van der Waals surface area contributed by atoms with Crippen molar-refractivity contribution in [2.24, 2.45) is 5.92 Å². The van der Waals surface area contributed by atoms with Crippen molar-refractivity contribution < 1.29 is 27.6 Å². The van der Waals surface area contributed by atoms with Crippen molar-refractivity contribution >= 4 is 63.8 Å². The van der Waals surface area contributed by atoms with E-state index in [0.29, 0.717) is 31.1 Å². The van der Waals surface area contributed by atoms with Crippen LogP contribution in [0.3, 0.4) is 0 Å². The van der Waals surface area contributed by atoms with Gasteiger partial charge in [-0.05, 0) is 48.0 Å². The van der Waals surface area contributed by atoms with Gasteiger partial charge in [-0.15, -0.1) is 0 Å². The first-order valence-electron chi connectivity index (χ1n) is 12.4. The largest absolute Gasteiger partial charge is 0.418 e. The predicted octanol–water partition coefficient (Wildman–Crippen LogP) is 5.41. The van der Waals surface area contributed by atoms with Crippen LogP contribution in [0.5, 0.6) is 0 Å². The van der Waals surface area contributed by atoms with E-state index in [0.717, 1.165) is 35.2 Å². The van der Waals surface area contributed by atoms with Crippen molar-refractivity contribution in [3.8, 4) is 0 Å². The zero-order chi connectivity index (χ0) is 29.8. The second-order valence-corrected chi connectivity index (χ2v) is 12.1. The number of pyridine rings is 1. The molecule has 0 bridgehead atoms. The van der Waals surface area contributed by atoms with Crippen LogP contribution in [-0.2, 0) is 27.1 Å². The molecule has 1 saturated heterocycles. The summed E-state index contributed by atoms with van der Waals surface area (Å²) in [5, 5.41) is 2.33. The molecule has 1 N–H and O–H groups in total. The van der Waals surface area contributed by atoms with E-state index in [9.17, 15) is 32.3 Å². The zero-order valence-corrected chi connectivity index (χ0v) is 23.6. The number of nitrogens with one attached hydrogen (secondary N) is 1. The van der Waals surface area contributed by atoms with Crippen LogP contribution in [0.25, 0.3) is 0 Å². The van der Waals surface area contributed by atoms with Gasteiger partial charge in [-0.25, -0.2) is 4.90 Å². The summed E-state index contributed by atoms with van der Waals surface area (Å²) in [5.74, 6) is -4.11. The van der Waals surface area contributed by atoms with Gasteiger partial charge in [0.25, 0.3) is 0 Å². The highest BCUT2D eigenvalue weighted by atomic mass is 35.5. The highest BCUT2D eigenvalue weighted by Gasteiger charge is 2.57. The molecular weight excluding hydrogens is 613 g/mol. The maximum atomic E-state index is 13.9. The number of carbonyl (C=O) groups excluding carboxylic acids is 3. The number of thioether (sulfide) groups is 1. The molecule has 4 aromatic rings. The summed E-state index contributed by atoms with van der Waals surface area (Å²) >= 11 is 7.64. The molecule has 0 saturated carbocycles. The third-order valence-electron chi connectivity index (χ3n) is 6.97. The number of anilines is 2. The Bertz CT molecular complexity index is 1780. The van der Waals surface area contributed by atoms with E-state index in [4.69, 9.17) is 11.6 Å². The lowest BCUT2D eigenvalue weighted by atomic mass is 9.84. The number of halogens is 4. The second-order valence-electron chi connectivity index (χ2n) is 9.53.